The van der Waals surface area contributed by atoms with Gasteiger partial charge in [-0.2, -0.15) is 5.26 Å². The van der Waals surface area contributed by atoms with Crippen molar-refractivity contribution in [2.75, 3.05) is 23.7 Å². The van der Waals surface area contributed by atoms with Crippen LogP contribution in [0, 0.1) is 17.2 Å². The number of hydrogen-bond donors (Lipinski definition) is 2. The fraction of sp³-hybridized carbons (Fsp3) is 0.471. The Balaban J connectivity index is 1.95. The van der Waals surface area contributed by atoms with Crippen molar-refractivity contribution >= 4 is 23.3 Å². The van der Waals surface area contributed by atoms with Crippen LogP contribution >= 0.6 is 0 Å². The quantitative estimate of drug-likeness (QED) is 0.895. The van der Waals surface area contributed by atoms with Crippen molar-refractivity contribution in [3.63, 3.8) is 0 Å². The van der Waals surface area contributed by atoms with E-state index < -0.39 is 0 Å². The smallest absolute Gasteiger partial charge is 0.321 e. The lowest BCUT2D eigenvalue weighted by Gasteiger charge is -2.29. The summed E-state index contributed by atoms with van der Waals surface area (Å²) >= 11 is 0. The number of carbonyl (C=O) groups is 2. The molecule has 2 rings (SSSR count). The molecule has 0 aliphatic carbocycles. The molecular weight excluding hydrogens is 292 g/mol. The van der Waals surface area contributed by atoms with Gasteiger partial charge in [0.25, 0.3) is 0 Å². The van der Waals surface area contributed by atoms with E-state index in [4.69, 9.17) is 5.26 Å². The van der Waals surface area contributed by atoms with E-state index in [0.29, 0.717) is 30.9 Å². The van der Waals surface area contributed by atoms with Crippen molar-refractivity contribution in [3.05, 3.63) is 24.3 Å². The zero-order valence-corrected chi connectivity index (χ0v) is 13.3. The van der Waals surface area contributed by atoms with E-state index in [0.717, 1.165) is 19.3 Å². The fourth-order valence-corrected chi connectivity index (χ4v) is 2.59. The molecule has 3 amide bonds. The van der Waals surface area contributed by atoms with Crippen LogP contribution in [0.3, 0.4) is 0 Å². The second kappa shape index (κ2) is 8.18. The van der Waals surface area contributed by atoms with Gasteiger partial charge in [0.15, 0.2) is 0 Å². The van der Waals surface area contributed by atoms with Gasteiger partial charge in [-0.05, 0) is 37.5 Å². The van der Waals surface area contributed by atoms with Gasteiger partial charge >= 0.3 is 6.03 Å². The number of benzene rings is 1. The molecule has 6 heteroatoms. The number of nitrogens with one attached hydrogen (secondary N) is 2. The van der Waals surface area contributed by atoms with Crippen molar-refractivity contribution in [3.8, 4) is 6.07 Å². The molecule has 0 unspecified atom stereocenters. The van der Waals surface area contributed by atoms with E-state index >= 15 is 0 Å². The number of amides is 3. The molecule has 0 bridgehead atoms. The molecule has 1 aromatic rings. The van der Waals surface area contributed by atoms with Crippen LogP contribution in [-0.4, -0.2) is 29.9 Å². The first kappa shape index (κ1) is 16.8. The lowest BCUT2D eigenvalue weighted by atomic mass is 10.0. The molecule has 1 aliphatic heterocycles. The Labute approximate surface area is 136 Å². The van der Waals surface area contributed by atoms with Crippen LogP contribution < -0.4 is 10.6 Å². The number of urea groups is 1. The molecule has 1 atom stereocenters. The van der Waals surface area contributed by atoms with Crippen LogP contribution in [0.2, 0.25) is 0 Å². The minimum atomic E-state index is -0.206. The molecule has 6 nitrogen and oxygen atoms in total. The summed E-state index contributed by atoms with van der Waals surface area (Å²) in [5.74, 6) is -0.127. The van der Waals surface area contributed by atoms with Gasteiger partial charge in [0.1, 0.15) is 0 Å². The summed E-state index contributed by atoms with van der Waals surface area (Å²) < 4.78 is 0. The van der Waals surface area contributed by atoms with Crippen LogP contribution in [0.15, 0.2) is 24.3 Å². The van der Waals surface area contributed by atoms with Crippen molar-refractivity contribution in [1.29, 1.82) is 5.26 Å². The minimum absolute atomic E-state index is 0.0381. The van der Waals surface area contributed by atoms with Crippen LogP contribution in [0.5, 0.6) is 0 Å². The molecule has 1 saturated heterocycles. The topological polar surface area (TPSA) is 85.2 Å². The maximum Gasteiger partial charge on any atom is 0.321 e. The minimum Gasteiger partial charge on any atom is -0.326 e. The fourth-order valence-electron chi connectivity index (χ4n) is 2.59. The molecular formula is C17H22N4O2. The highest BCUT2D eigenvalue weighted by Gasteiger charge is 2.23. The van der Waals surface area contributed by atoms with Gasteiger partial charge in [0.05, 0.1) is 12.0 Å². The van der Waals surface area contributed by atoms with Gasteiger partial charge in [-0.3, -0.25) is 4.79 Å². The number of anilines is 2. The van der Waals surface area contributed by atoms with Crippen molar-refractivity contribution in [2.24, 2.45) is 5.92 Å². The van der Waals surface area contributed by atoms with Crippen LogP contribution in [0.1, 0.15) is 32.6 Å². The highest BCUT2D eigenvalue weighted by molar-refractivity contribution is 5.93. The maximum absolute atomic E-state index is 12.3. The van der Waals surface area contributed by atoms with Gasteiger partial charge in [-0.1, -0.05) is 13.0 Å². The number of likely N-dealkylation sites (tertiary alicyclic amines) is 1. The van der Waals surface area contributed by atoms with E-state index in [1.54, 1.807) is 29.2 Å². The summed E-state index contributed by atoms with van der Waals surface area (Å²) in [6, 6.07) is 9.10. The number of piperidine rings is 1. The Morgan fingerprint density at radius 2 is 2.09 bits per heavy atom. The zero-order valence-electron chi connectivity index (χ0n) is 13.3. The van der Waals surface area contributed by atoms with Gasteiger partial charge < -0.3 is 15.5 Å². The molecule has 23 heavy (non-hydrogen) atoms. The number of nitrogens with zero attached hydrogens (tertiary/aromatic N) is 2. The zero-order chi connectivity index (χ0) is 16.7. The third kappa shape index (κ3) is 4.99. The highest BCUT2D eigenvalue weighted by atomic mass is 16.2. The third-order valence-electron chi connectivity index (χ3n) is 3.77. The number of rotatable bonds is 4. The van der Waals surface area contributed by atoms with Crippen LogP contribution in [0.4, 0.5) is 16.2 Å². The Morgan fingerprint density at radius 3 is 2.78 bits per heavy atom. The molecule has 1 fully saturated rings. The van der Waals surface area contributed by atoms with Crippen LogP contribution in [-0.2, 0) is 4.79 Å². The average molecular weight is 314 g/mol. The predicted octanol–water partition coefficient (Wildman–Crippen LogP) is 3.19. The van der Waals surface area contributed by atoms with Gasteiger partial charge in [-0.25, -0.2) is 4.79 Å². The summed E-state index contributed by atoms with van der Waals surface area (Å²) in [6.07, 6.45) is 2.95. The van der Waals surface area contributed by atoms with Gasteiger partial charge in [0.2, 0.25) is 5.91 Å². The monoisotopic (exact) mass is 314 g/mol. The van der Waals surface area contributed by atoms with Crippen molar-refractivity contribution in [2.45, 2.75) is 32.6 Å². The summed E-state index contributed by atoms with van der Waals surface area (Å²) in [6.45, 7) is 3.08. The van der Waals surface area contributed by atoms with E-state index in [1.807, 2.05) is 6.92 Å². The maximum atomic E-state index is 12.3. The number of nitriles is 1. The lowest BCUT2D eigenvalue weighted by Crippen LogP contribution is -2.42. The first-order valence-electron chi connectivity index (χ1n) is 7.98. The first-order valence-corrected chi connectivity index (χ1v) is 7.98. The standard InChI is InChI=1S/C17H22N4O2/c1-2-5-16(22)19-14-7-3-8-15(10-14)20-17(23)21-9-4-6-13(11-18)12-21/h3,7-8,10,13H,2,4-6,9,12H2,1H3,(H,19,22)(H,20,23)/t13-/m1/s1. The van der Waals surface area contributed by atoms with E-state index in [-0.39, 0.29) is 17.9 Å². The third-order valence-corrected chi connectivity index (χ3v) is 3.77. The van der Waals surface area contributed by atoms with Gasteiger partial charge in [-0.15, -0.1) is 0 Å². The summed E-state index contributed by atoms with van der Waals surface area (Å²) in [4.78, 5) is 25.6. The van der Waals surface area contributed by atoms with E-state index in [1.165, 1.54) is 0 Å². The molecule has 1 aromatic carbocycles. The second-order valence-electron chi connectivity index (χ2n) is 5.72. The Kier molecular flexibility index (Phi) is 5.98. The molecule has 2 N–H and O–H groups in total. The summed E-state index contributed by atoms with van der Waals surface area (Å²) in [5.41, 5.74) is 1.29. The van der Waals surface area contributed by atoms with Gasteiger partial charge in [0, 0.05) is 30.9 Å². The van der Waals surface area contributed by atoms with E-state index in [2.05, 4.69) is 16.7 Å². The largest absolute Gasteiger partial charge is 0.326 e. The Morgan fingerprint density at radius 1 is 1.35 bits per heavy atom. The number of hydrogen-bond acceptors (Lipinski definition) is 3. The molecule has 0 saturated carbocycles. The van der Waals surface area contributed by atoms with Crippen molar-refractivity contribution in [1.82, 2.24) is 4.90 Å². The molecule has 0 radical (unpaired) electrons. The highest BCUT2D eigenvalue weighted by Crippen LogP contribution is 2.19. The van der Waals surface area contributed by atoms with E-state index in [9.17, 15) is 9.59 Å². The molecule has 122 valence electrons. The molecule has 0 aromatic heterocycles. The second-order valence-corrected chi connectivity index (χ2v) is 5.72. The molecule has 1 aliphatic rings. The average Bonchev–Trinajstić information content (AvgIpc) is 2.55. The summed E-state index contributed by atoms with van der Waals surface area (Å²) in [7, 11) is 0. The molecule has 1 heterocycles. The normalized spacial score (nSPS) is 17.2. The summed E-state index contributed by atoms with van der Waals surface area (Å²) in [5, 5.41) is 14.6. The van der Waals surface area contributed by atoms with Crippen molar-refractivity contribution < 1.29 is 9.59 Å². The SMILES string of the molecule is CCCC(=O)Nc1cccc(NC(=O)N2CCC[C@H](C#N)C2)c1. The number of carbonyl (C=O) groups excluding carboxylic acids is 2. The first-order chi connectivity index (χ1) is 11.1. The van der Waals surface area contributed by atoms with Crippen LogP contribution in [0.25, 0.3) is 0 Å². The predicted molar refractivity (Wildman–Crippen MR) is 88.9 cm³/mol. The lowest BCUT2D eigenvalue weighted by molar-refractivity contribution is -0.116. The molecule has 0 spiro atoms. The Bertz CT molecular complexity index is 609. The Hall–Kier alpha value is -2.55.